The number of rotatable bonds is 3. The van der Waals surface area contributed by atoms with Crippen LogP contribution in [0.15, 0.2) is 0 Å². The maximum atomic E-state index is 8.90. The van der Waals surface area contributed by atoms with E-state index in [1.54, 1.807) is 0 Å². The Morgan fingerprint density at radius 3 is 2.47 bits per heavy atom. The Bertz CT molecular complexity index is 262. The minimum Gasteiger partial charge on any atom is -0.379 e. The summed E-state index contributed by atoms with van der Waals surface area (Å²) in [6.07, 6.45) is 2.48. The van der Waals surface area contributed by atoms with E-state index in [9.17, 15) is 0 Å². The van der Waals surface area contributed by atoms with Gasteiger partial charge in [0.25, 0.3) is 0 Å². The van der Waals surface area contributed by atoms with Crippen LogP contribution >= 0.6 is 0 Å². The molecule has 17 heavy (non-hydrogen) atoms. The van der Waals surface area contributed by atoms with Crippen LogP contribution in [0.3, 0.4) is 0 Å². The Labute approximate surface area is 104 Å². The van der Waals surface area contributed by atoms with Crippen molar-refractivity contribution in [3.05, 3.63) is 0 Å². The van der Waals surface area contributed by atoms with E-state index in [1.807, 2.05) is 6.92 Å². The van der Waals surface area contributed by atoms with Crippen molar-refractivity contribution in [1.82, 2.24) is 9.80 Å². The summed E-state index contributed by atoms with van der Waals surface area (Å²) in [7, 11) is 0. The van der Waals surface area contributed by atoms with Gasteiger partial charge in [-0.1, -0.05) is 0 Å². The van der Waals surface area contributed by atoms with Crippen LogP contribution in [0.1, 0.15) is 19.8 Å². The zero-order chi connectivity index (χ0) is 12.1. The molecule has 2 aliphatic heterocycles. The highest BCUT2D eigenvalue weighted by Gasteiger charge is 2.24. The Morgan fingerprint density at radius 2 is 1.88 bits per heavy atom. The van der Waals surface area contributed by atoms with Gasteiger partial charge in [0.05, 0.1) is 25.3 Å². The van der Waals surface area contributed by atoms with Gasteiger partial charge in [0.2, 0.25) is 0 Å². The van der Waals surface area contributed by atoms with E-state index in [4.69, 9.17) is 10.00 Å². The van der Waals surface area contributed by atoms with Gasteiger partial charge < -0.3 is 4.74 Å². The molecular formula is C13H23N3O. The zero-order valence-electron chi connectivity index (χ0n) is 10.8. The van der Waals surface area contributed by atoms with Crippen LogP contribution in [0, 0.1) is 17.2 Å². The molecule has 0 amide bonds. The molecule has 1 unspecified atom stereocenters. The number of hydrogen-bond donors (Lipinski definition) is 0. The second-order valence-electron chi connectivity index (χ2n) is 5.20. The summed E-state index contributed by atoms with van der Waals surface area (Å²) in [5, 5.41) is 8.90. The first-order valence-corrected chi connectivity index (χ1v) is 6.73. The highest BCUT2D eigenvalue weighted by molar-refractivity contribution is 4.90. The largest absolute Gasteiger partial charge is 0.379 e. The lowest BCUT2D eigenvalue weighted by Gasteiger charge is -2.36. The quantitative estimate of drug-likeness (QED) is 0.732. The molecule has 0 bridgehead atoms. The van der Waals surface area contributed by atoms with Gasteiger partial charge in [-0.05, 0) is 38.8 Å². The molecule has 2 saturated heterocycles. The molecule has 2 aliphatic rings. The molecule has 0 N–H and O–H groups in total. The van der Waals surface area contributed by atoms with Crippen LogP contribution < -0.4 is 0 Å². The average molecular weight is 237 g/mol. The van der Waals surface area contributed by atoms with E-state index >= 15 is 0 Å². The first-order chi connectivity index (χ1) is 8.29. The molecular weight excluding hydrogens is 214 g/mol. The zero-order valence-corrected chi connectivity index (χ0v) is 10.8. The summed E-state index contributed by atoms with van der Waals surface area (Å²) in [5.41, 5.74) is 0. The monoisotopic (exact) mass is 237 g/mol. The Balaban J connectivity index is 1.70. The molecule has 2 rings (SSSR count). The van der Waals surface area contributed by atoms with Crippen molar-refractivity contribution in [2.24, 2.45) is 5.92 Å². The van der Waals surface area contributed by atoms with Gasteiger partial charge in [-0.15, -0.1) is 0 Å². The van der Waals surface area contributed by atoms with Gasteiger partial charge in [0.1, 0.15) is 0 Å². The molecule has 1 atom stereocenters. The lowest BCUT2D eigenvalue weighted by atomic mass is 9.95. The van der Waals surface area contributed by atoms with Crippen molar-refractivity contribution in [3.63, 3.8) is 0 Å². The maximum absolute atomic E-state index is 8.90. The summed E-state index contributed by atoms with van der Waals surface area (Å²) in [6, 6.07) is 2.41. The van der Waals surface area contributed by atoms with Crippen LogP contribution in [-0.2, 0) is 4.74 Å². The Kier molecular flexibility index (Phi) is 4.78. The number of ether oxygens (including phenoxy) is 1. The minimum atomic E-state index is 0.0827. The fraction of sp³-hybridized carbons (Fsp3) is 0.923. The number of nitrogens with zero attached hydrogens (tertiary/aromatic N) is 3. The van der Waals surface area contributed by atoms with Gasteiger partial charge in [-0.2, -0.15) is 5.26 Å². The molecule has 0 aromatic carbocycles. The number of piperidine rings is 1. The van der Waals surface area contributed by atoms with Gasteiger partial charge in [-0.3, -0.25) is 9.80 Å². The van der Waals surface area contributed by atoms with Crippen LogP contribution in [0.5, 0.6) is 0 Å². The molecule has 4 heteroatoms. The number of hydrogen-bond acceptors (Lipinski definition) is 4. The third-order valence-electron chi connectivity index (χ3n) is 4.00. The highest BCUT2D eigenvalue weighted by atomic mass is 16.5. The highest BCUT2D eigenvalue weighted by Crippen LogP contribution is 2.20. The molecule has 2 fully saturated rings. The van der Waals surface area contributed by atoms with E-state index in [0.717, 1.165) is 45.3 Å². The standard InChI is InChI=1S/C13H23N3O/c1-12(10-14)16-4-2-13(3-5-16)11-15-6-8-17-9-7-15/h12-13H,2-9,11H2,1H3. The third kappa shape index (κ3) is 3.67. The number of likely N-dealkylation sites (tertiary alicyclic amines) is 1. The molecule has 0 aliphatic carbocycles. The summed E-state index contributed by atoms with van der Waals surface area (Å²) >= 11 is 0. The first kappa shape index (κ1) is 12.8. The van der Waals surface area contributed by atoms with Crippen LogP contribution in [0.2, 0.25) is 0 Å². The lowest BCUT2D eigenvalue weighted by Crippen LogP contribution is -2.44. The number of morpholine rings is 1. The summed E-state index contributed by atoms with van der Waals surface area (Å²) in [5.74, 6) is 0.815. The van der Waals surface area contributed by atoms with Gasteiger partial charge in [0, 0.05) is 19.6 Å². The topological polar surface area (TPSA) is 39.5 Å². The lowest BCUT2D eigenvalue weighted by molar-refractivity contribution is 0.0238. The predicted octanol–water partition coefficient (Wildman–Crippen LogP) is 0.943. The van der Waals surface area contributed by atoms with E-state index in [1.165, 1.54) is 19.4 Å². The smallest absolute Gasteiger partial charge is 0.0949 e. The molecule has 4 nitrogen and oxygen atoms in total. The Hall–Kier alpha value is -0.630. The van der Waals surface area contributed by atoms with Gasteiger partial charge in [0.15, 0.2) is 0 Å². The van der Waals surface area contributed by atoms with Crippen LogP contribution in [0.25, 0.3) is 0 Å². The van der Waals surface area contributed by atoms with Crippen LogP contribution in [0.4, 0.5) is 0 Å². The van der Waals surface area contributed by atoms with E-state index in [0.29, 0.717) is 0 Å². The van der Waals surface area contributed by atoms with Crippen molar-refractivity contribution >= 4 is 0 Å². The average Bonchev–Trinajstić information content (AvgIpc) is 2.40. The molecule has 0 spiro atoms. The summed E-state index contributed by atoms with van der Waals surface area (Å²) < 4.78 is 5.37. The van der Waals surface area contributed by atoms with Crippen molar-refractivity contribution in [2.75, 3.05) is 45.9 Å². The van der Waals surface area contributed by atoms with E-state index < -0.39 is 0 Å². The molecule has 0 radical (unpaired) electrons. The number of nitriles is 1. The maximum Gasteiger partial charge on any atom is 0.0949 e. The predicted molar refractivity (Wildman–Crippen MR) is 66.6 cm³/mol. The fourth-order valence-corrected chi connectivity index (χ4v) is 2.75. The van der Waals surface area contributed by atoms with Crippen molar-refractivity contribution in [2.45, 2.75) is 25.8 Å². The van der Waals surface area contributed by atoms with Crippen molar-refractivity contribution in [3.8, 4) is 6.07 Å². The SMILES string of the molecule is CC(C#N)N1CCC(CN2CCOCC2)CC1. The molecule has 2 heterocycles. The second kappa shape index (κ2) is 6.34. The molecule has 96 valence electrons. The first-order valence-electron chi connectivity index (χ1n) is 6.73. The van der Waals surface area contributed by atoms with E-state index in [2.05, 4.69) is 15.9 Å². The Morgan fingerprint density at radius 1 is 1.24 bits per heavy atom. The van der Waals surface area contributed by atoms with Crippen molar-refractivity contribution < 1.29 is 4.74 Å². The van der Waals surface area contributed by atoms with Gasteiger partial charge >= 0.3 is 0 Å². The van der Waals surface area contributed by atoms with Crippen molar-refractivity contribution in [1.29, 1.82) is 5.26 Å². The summed E-state index contributed by atoms with van der Waals surface area (Å²) in [6.45, 7) is 9.37. The van der Waals surface area contributed by atoms with Gasteiger partial charge in [-0.25, -0.2) is 0 Å². The molecule has 0 aromatic heterocycles. The normalized spacial score (nSPS) is 26.6. The second-order valence-corrected chi connectivity index (χ2v) is 5.20. The third-order valence-corrected chi connectivity index (χ3v) is 4.00. The molecule has 0 saturated carbocycles. The molecule has 0 aromatic rings. The van der Waals surface area contributed by atoms with E-state index in [-0.39, 0.29) is 6.04 Å². The minimum absolute atomic E-state index is 0.0827. The summed E-state index contributed by atoms with van der Waals surface area (Å²) in [4.78, 5) is 4.83. The fourth-order valence-electron chi connectivity index (χ4n) is 2.75. The van der Waals surface area contributed by atoms with Crippen LogP contribution in [-0.4, -0.2) is 61.8 Å².